The Morgan fingerprint density at radius 3 is 2.03 bits per heavy atom. The Kier molecular flexibility index (Phi) is 5.26. The molecule has 3 aliphatic carbocycles. The topological polar surface area (TPSA) is 9.23 Å². The molecule has 162 valence electrons. The van der Waals surface area contributed by atoms with E-state index in [1.165, 1.54) is 25.0 Å². The zero-order valence-electron chi connectivity index (χ0n) is 18.5. The number of benzene rings is 1. The lowest BCUT2D eigenvalue weighted by Gasteiger charge is -2.46. The molecule has 0 radical (unpaired) electrons. The van der Waals surface area contributed by atoms with Crippen LogP contribution in [-0.4, -0.2) is 8.32 Å². The molecule has 3 aliphatic rings. The first-order valence-electron chi connectivity index (χ1n) is 11.4. The second kappa shape index (κ2) is 7.12. The van der Waals surface area contributed by atoms with Gasteiger partial charge in [0.1, 0.15) is 0 Å². The monoisotopic (exact) mass is 424 g/mol. The molecule has 2 bridgehead atoms. The van der Waals surface area contributed by atoms with Crippen LogP contribution in [0.25, 0.3) is 0 Å². The first-order valence-corrected chi connectivity index (χ1v) is 13.5. The van der Waals surface area contributed by atoms with Gasteiger partial charge in [0.25, 0.3) is 0 Å². The van der Waals surface area contributed by atoms with E-state index in [9.17, 15) is 13.2 Å². The fourth-order valence-electron chi connectivity index (χ4n) is 7.51. The average molecular weight is 425 g/mol. The fourth-order valence-corrected chi connectivity index (χ4v) is 13.0. The number of fused-ring (bicyclic) bond motifs is 7. The van der Waals surface area contributed by atoms with Crippen molar-refractivity contribution in [3.05, 3.63) is 34.9 Å². The van der Waals surface area contributed by atoms with Crippen molar-refractivity contribution < 1.29 is 17.6 Å². The Morgan fingerprint density at radius 2 is 1.48 bits per heavy atom. The van der Waals surface area contributed by atoms with Crippen molar-refractivity contribution in [2.75, 3.05) is 0 Å². The van der Waals surface area contributed by atoms with Crippen molar-refractivity contribution in [3.63, 3.8) is 0 Å². The smallest absolute Gasteiger partial charge is 0.409 e. The molecule has 0 aromatic heterocycles. The summed E-state index contributed by atoms with van der Waals surface area (Å²) < 4.78 is 47.6. The Labute approximate surface area is 174 Å². The maximum atomic E-state index is 13.4. The van der Waals surface area contributed by atoms with Gasteiger partial charge >= 0.3 is 6.18 Å². The minimum Gasteiger partial charge on any atom is -0.409 e. The van der Waals surface area contributed by atoms with E-state index in [0.29, 0.717) is 34.4 Å². The second-order valence-corrected chi connectivity index (χ2v) is 16.0. The number of hydrogen-bond acceptors (Lipinski definition) is 1. The Hall–Kier alpha value is -0.813. The quantitative estimate of drug-likeness (QED) is 0.434. The van der Waals surface area contributed by atoms with E-state index in [2.05, 4.69) is 41.5 Å². The molecule has 0 heterocycles. The zero-order chi connectivity index (χ0) is 21.3. The van der Waals surface area contributed by atoms with Gasteiger partial charge in [-0.1, -0.05) is 47.6 Å². The van der Waals surface area contributed by atoms with Gasteiger partial charge in [0.05, 0.1) is 11.7 Å². The van der Waals surface area contributed by atoms with Crippen LogP contribution in [0.15, 0.2) is 18.2 Å². The van der Waals surface area contributed by atoms with Gasteiger partial charge in [-0.3, -0.25) is 0 Å². The van der Waals surface area contributed by atoms with Crippen LogP contribution in [0.3, 0.4) is 0 Å². The lowest BCUT2D eigenvalue weighted by molar-refractivity contribution is -0.137. The van der Waals surface area contributed by atoms with E-state index in [4.69, 9.17) is 4.43 Å². The van der Waals surface area contributed by atoms with E-state index in [1.54, 1.807) is 6.07 Å². The summed E-state index contributed by atoms with van der Waals surface area (Å²) in [6.45, 7) is 13.7. The summed E-state index contributed by atoms with van der Waals surface area (Å²) in [4.78, 5) is 0. The van der Waals surface area contributed by atoms with Crippen LogP contribution >= 0.6 is 0 Å². The van der Waals surface area contributed by atoms with Crippen molar-refractivity contribution in [1.82, 2.24) is 0 Å². The number of hydrogen-bond donors (Lipinski definition) is 0. The number of alkyl halides is 3. The lowest BCUT2D eigenvalue weighted by atomic mass is 9.79. The van der Waals surface area contributed by atoms with Gasteiger partial charge in [-0.05, 0) is 82.8 Å². The third kappa shape index (κ3) is 3.13. The maximum absolute atomic E-state index is 13.4. The summed E-state index contributed by atoms with van der Waals surface area (Å²) in [5.74, 6) is 1.77. The third-order valence-electron chi connectivity index (χ3n) is 8.45. The summed E-state index contributed by atoms with van der Waals surface area (Å²) in [5.41, 5.74) is 2.91. The standard InChI is InChI=1S/C24H35F3OSi/c1-13(2)29(14(3)4,15(5)6)28-23-19-10-9-18(24(25,26)27)12-20(19)21-16-7-8-17(11-16)22(21)23/h9-10,12-17,21-23H,7-8,11H2,1-6H3/t16-,17?,21?,22+,23-/m0/s1. The van der Waals surface area contributed by atoms with Gasteiger partial charge in [-0.2, -0.15) is 13.2 Å². The van der Waals surface area contributed by atoms with Crippen LogP contribution in [0.4, 0.5) is 13.2 Å². The molecule has 1 aromatic rings. The van der Waals surface area contributed by atoms with Crippen LogP contribution in [0.2, 0.25) is 16.6 Å². The molecule has 0 amide bonds. The molecule has 0 N–H and O–H groups in total. The summed E-state index contributed by atoms with van der Waals surface area (Å²) in [7, 11) is -2.12. The predicted octanol–water partition coefficient (Wildman–Crippen LogP) is 8.08. The average Bonchev–Trinajstić information content (AvgIpc) is 3.29. The van der Waals surface area contributed by atoms with Gasteiger partial charge < -0.3 is 4.43 Å². The van der Waals surface area contributed by atoms with Crippen LogP contribution < -0.4 is 0 Å². The van der Waals surface area contributed by atoms with Crippen molar-refractivity contribution in [2.45, 2.75) is 95.6 Å². The maximum Gasteiger partial charge on any atom is 0.416 e. The number of rotatable bonds is 5. The Bertz CT molecular complexity index is 748. The normalized spacial score (nSPS) is 31.2. The van der Waals surface area contributed by atoms with Crippen molar-refractivity contribution in [3.8, 4) is 0 Å². The fraction of sp³-hybridized carbons (Fsp3) is 0.750. The van der Waals surface area contributed by atoms with Crippen LogP contribution in [0.5, 0.6) is 0 Å². The number of halogens is 3. The summed E-state index contributed by atoms with van der Waals surface area (Å²) >= 11 is 0. The minimum absolute atomic E-state index is 0.0218. The molecule has 2 unspecified atom stereocenters. The lowest BCUT2D eigenvalue weighted by Crippen LogP contribution is -2.49. The summed E-state index contributed by atoms with van der Waals surface area (Å²) in [6.07, 6.45) is -0.759. The molecular weight excluding hydrogens is 389 g/mol. The van der Waals surface area contributed by atoms with E-state index in [1.807, 2.05) is 0 Å². The molecule has 5 heteroatoms. The van der Waals surface area contributed by atoms with Gasteiger partial charge in [-0.25, -0.2) is 0 Å². The molecule has 0 spiro atoms. The molecule has 2 fully saturated rings. The minimum atomic E-state index is -4.28. The predicted molar refractivity (Wildman–Crippen MR) is 113 cm³/mol. The van der Waals surface area contributed by atoms with Crippen molar-refractivity contribution >= 4 is 8.32 Å². The molecule has 2 saturated carbocycles. The van der Waals surface area contributed by atoms with E-state index in [-0.39, 0.29) is 12.0 Å². The van der Waals surface area contributed by atoms with Crippen LogP contribution in [0.1, 0.15) is 89.5 Å². The van der Waals surface area contributed by atoms with Crippen LogP contribution in [-0.2, 0) is 10.6 Å². The highest BCUT2D eigenvalue weighted by Gasteiger charge is 2.59. The first-order chi connectivity index (χ1) is 13.5. The Balaban J connectivity index is 1.80. The third-order valence-corrected chi connectivity index (χ3v) is 14.5. The summed E-state index contributed by atoms with van der Waals surface area (Å²) in [6, 6.07) is 4.49. The van der Waals surface area contributed by atoms with E-state index < -0.39 is 20.1 Å². The highest BCUT2D eigenvalue weighted by atomic mass is 28.4. The summed E-state index contributed by atoms with van der Waals surface area (Å²) in [5, 5.41) is 0. The van der Waals surface area contributed by atoms with Crippen molar-refractivity contribution in [2.24, 2.45) is 17.8 Å². The second-order valence-electron chi connectivity index (χ2n) is 10.6. The van der Waals surface area contributed by atoms with E-state index >= 15 is 0 Å². The zero-order valence-corrected chi connectivity index (χ0v) is 19.5. The molecular formula is C24H35F3OSi. The van der Waals surface area contributed by atoms with Gasteiger partial charge in [-0.15, -0.1) is 0 Å². The molecule has 0 aliphatic heterocycles. The van der Waals surface area contributed by atoms with Gasteiger partial charge in [0.2, 0.25) is 8.32 Å². The van der Waals surface area contributed by atoms with E-state index in [0.717, 1.165) is 17.5 Å². The molecule has 1 aromatic carbocycles. The van der Waals surface area contributed by atoms with Crippen molar-refractivity contribution in [1.29, 1.82) is 0 Å². The highest BCUT2D eigenvalue weighted by Crippen LogP contribution is 2.67. The first kappa shape index (κ1) is 21.4. The van der Waals surface area contributed by atoms with Gasteiger partial charge in [0.15, 0.2) is 0 Å². The molecule has 4 rings (SSSR count). The molecule has 29 heavy (non-hydrogen) atoms. The van der Waals surface area contributed by atoms with Crippen LogP contribution in [0, 0.1) is 17.8 Å². The largest absolute Gasteiger partial charge is 0.416 e. The SMILES string of the molecule is CC(C)[Si](O[C@H]1c2ccc(C(F)(F)F)cc2C2[C@H]3CCC(C3)[C@H]21)(C(C)C)C(C)C. The van der Waals surface area contributed by atoms with Gasteiger partial charge in [0, 0.05) is 0 Å². The molecule has 1 nitrogen and oxygen atoms in total. The Morgan fingerprint density at radius 1 is 0.897 bits per heavy atom. The molecule has 0 saturated heterocycles. The molecule has 5 atom stereocenters. The highest BCUT2D eigenvalue weighted by molar-refractivity contribution is 6.77.